The van der Waals surface area contributed by atoms with Gasteiger partial charge in [-0.15, -0.1) is 0 Å². The number of nitrogens with one attached hydrogen (secondary N) is 1. The second-order valence-electron chi connectivity index (χ2n) is 5.77. The van der Waals surface area contributed by atoms with Gasteiger partial charge in [-0.2, -0.15) is 5.26 Å². The monoisotopic (exact) mass is 318 g/mol. The summed E-state index contributed by atoms with van der Waals surface area (Å²) in [5, 5.41) is 11.7. The minimum Gasteiger partial charge on any atom is -0.378 e. The van der Waals surface area contributed by atoms with E-state index >= 15 is 0 Å². The lowest BCUT2D eigenvalue weighted by molar-refractivity contribution is 0.0938. The van der Waals surface area contributed by atoms with Crippen molar-refractivity contribution in [3.63, 3.8) is 0 Å². The van der Waals surface area contributed by atoms with Crippen molar-refractivity contribution in [2.75, 3.05) is 44.3 Å². The van der Waals surface area contributed by atoms with Crippen LogP contribution in [0, 0.1) is 17.3 Å². The van der Waals surface area contributed by atoms with Crippen LogP contribution >= 0.6 is 0 Å². The van der Waals surface area contributed by atoms with E-state index in [-0.39, 0.29) is 11.9 Å². The first kappa shape index (κ1) is 15.6. The zero-order valence-corrected chi connectivity index (χ0v) is 12.8. The van der Waals surface area contributed by atoms with Crippen LogP contribution in [0.3, 0.4) is 0 Å². The Morgan fingerprint density at radius 3 is 2.78 bits per heavy atom. The van der Waals surface area contributed by atoms with Crippen molar-refractivity contribution in [2.45, 2.75) is 12.5 Å². The average molecular weight is 318 g/mol. The third-order valence-corrected chi connectivity index (χ3v) is 4.23. The summed E-state index contributed by atoms with van der Waals surface area (Å²) in [4.78, 5) is 15.7. The van der Waals surface area contributed by atoms with E-state index in [2.05, 4.69) is 11.5 Å². The maximum absolute atomic E-state index is 14.3. The first-order valence-electron chi connectivity index (χ1n) is 7.75. The quantitative estimate of drug-likeness (QED) is 0.840. The molecule has 0 bridgehead atoms. The number of carbonyl (C=O) groups is 1. The Morgan fingerprint density at radius 1 is 1.35 bits per heavy atom. The van der Waals surface area contributed by atoms with E-state index in [0.717, 1.165) is 6.42 Å². The van der Waals surface area contributed by atoms with E-state index in [1.54, 1.807) is 17.0 Å². The number of amides is 1. The molecule has 2 aliphatic rings. The fraction of sp³-hybridized carbons (Fsp3) is 0.500. The zero-order chi connectivity index (χ0) is 16.2. The number of morpholine rings is 1. The van der Waals surface area contributed by atoms with Gasteiger partial charge in [-0.3, -0.25) is 4.79 Å². The second-order valence-corrected chi connectivity index (χ2v) is 5.77. The van der Waals surface area contributed by atoms with Crippen molar-refractivity contribution in [1.29, 1.82) is 5.26 Å². The van der Waals surface area contributed by atoms with Gasteiger partial charge in [-0.1, -0.05) is 0 Å². The average Bonchev–Trinajstić information content (AvgIpc) is 3.03. The number of carbonyl (C=O) groups excluding carboxylic acids is 1. The second kappa shape index (κ2) is 6.84. The van der Waals surface area contributed by atoms with Crippen LogP contribution in [0.5, 0.6) is 0 Å². The van der Waals surface area contributed by atoms with E-state index in [1.807, 2.05) is 4.90 Å². The minimum atomic E-state index is -0.398. The van der Waals surface area contributed by atoms with Gasteiger partial charge in [0.15, 0.2) is 6.19 Å². The van der Waals surface area contributed by atoms with Crippen LogP contribution < -0.4 is 10.2 Å². The molecular formula is C16H19FN4O2. The van der Waals surface area contributed by atoms with Crippen molar-refractivity contribution in [3.8, 4) is 6.19 Å². The summed E-state index contributed by atoms with van der Waals surface area (Å²) >= 11 is 0. The van der Waals surface area contributed by atoms with Gasteiger partial charge in [-0.05, 0) is 24.6 Å². The number of nitrogens with zero attached hydrogens (tertiary/aromatic N) is 3. The summed E-state index contributed by atoms with van der Waals surface area (Å²) in [6, 6.07) is 4.49. The highest BCUT2D eigenvalue weighted by Gasteiger charge is 2.24. The van der Waals surface area contributed by atoms with Gasteiger partial charge < -0.3 is 19.9 Å². The number of nitriles is 1. The molecule has 0 aliphatic carbocycles. The van der Waals surface area contributed by atoms with Crippen molar-refractivity contribution in [1.82, 2.24) is 10.2 Å². The number of anilines is 1. The Labute approximate surface area is 134 Å². The van der Waals surface area contributed by atoms with Gasteiger partial charge in [0.05, 0.1) is 18.9 Å². The highest BCUT2D eigenvalue weighted by atomic mass is 19.1. The first-order chi connectivity index (χ1) is 11.2. The summed E-state index contributed by atoms with van der Waals surface area (Å²) in [5.41, 5.74) is 0.802. The molecule has 0 aromatic heterocycles. The van der Waals surface area contributed by atoms with E-state index in [1.165, 1.54) is 6.07 Å². The van der Waals surface area contributed by atoms with Crippen molar-refractivity contribution >= 4 is 11.6 Å². The third kappa shape index (κ3) is 3.54. The molecule has 7 heteroatoms. The topological polar surface area (TPSA) is 68.6 Å². The highest BCUT2D eigenvalue weighted by molar-refractivity contribution is 5.94. The van der Waals surface area contributed by atoms with E-state index < -0.39 is 5.82 Å². The smallest absolute Gasteiger partial charge is 0.251 e. The number of hydrogen-bond donors (Lipinski definition) is 1. The Morgan fingerprint density at radius 2 is 2.13 bits per heavy atom. The van der Waals surface area contributed by atoms with E-state index in [9.17, 15) is 9.18 Å². The van der Waals surface area contributed by atoms with Crippen LogP contribution in [0.4, 0.5) is 10.1 Å². The molecule has 23 heavy (non-hydrogen) atoms. The van der Waals surface area contributed by atoms with Crippen LogP contribution in [-0.2, 0) is 4.74 Å². The largest absolute Gasteiger partial charge is 0.378 e. The highest BCUT2D eigenvalue weighted by Crippen LogP contribution is 2.22. The molecule has 1 N–H and O–H groups in total. The fourth-order valence-electron chi connectivity index (χ4n) is 2.95. The molecule has 2 fully saturated rings. The number of hydrogen-bond acceptors (Lipinski definition) is 5. The molecule has 2 aliphatic heterocycles. The molecule has 3 rings (SSSR count). The van der Waals surface area contributed by atoms with Crippen LogP contribution in [0.2, 0.25) is 0 Å². The van der Waals surface area contributed by atoms with Gasteiger partial charge in [-0.25, -0.2) is 4.39 Å². The van der Waals surface area contributed by atoms with Gasteiger partial charge in [0.25, 0.3) is 5.91 Å². The van der Waals surface area contributed by atoms with Gasteiger partial charge in [0.2, 0.25) is 0 Å². The molecule has 2 heterocycles. The maximum Gasteiger partial charge on any atom is 0.251 e. The Bertz CT molecular complexity index is 625. The SMILES string of the molecule is N#CN1CCC(NC(=O)c2ccc(N3CCOCC3)c(F)c2)C1. The number of ether oxygens (including phenoxy) is 1. The number of halogens is 1. The van der Waals surface area contributed by atoms with Gasteiger partial charge in [0.1, 0.15) is 5.82 Å². The molecule has 0 saturated carbocycles. The van der Waals surface area contributed by atoms with Gasteiger partial charge >= 0.3 is 0 Å². The molecule has 1 aromatic carbocycles. The number of rotatable bonds is 3. The summed E-state index contributed by atoms with van der Waals surface area (Å²) < 4.78 is 19.6. The maximum atomic E-state index is 14.3. The third-order valence-electron chi connectivity index (χ3n) is 4.23. The Hall–Kier alpha value is -2.33. The van der Waals surface area contributed by atoms with Gasteiger partial charge in [0, 0.05) is 37.8 Å². The summed E-state index contributed by atoms with van der Waals surface area (Å²) in [6.07, 6.45) is 2.80. The van der Waals surface area contributed by atoms with E-state index in [0.29, 0.717) is 50.6 Å². The lowest BCUT2D eigenvalue weighted by Crippen LogP contribution is -2.37. The van der Waals surface area contributed by atoms with Crippen LogP contribution in [0.15, 0.2) is 18.2 Å². The number of likely N-dealkylation sites (tertiary alicyclic amines) is 1. The lowest BCUT2D eigenvalue weighted by Gasteiger charge is -2.29. The van der Waals surface area contributed by atoms with Crippen LogP contribution in [0.25, 0.3) is 0 Å². The molecule has 2 saturated heterocycles. The first-order valence-corrected chi connectivity index (χ1v) is 7.75. The molecule has 0 spiro atoms. The Balaban J connectivity index is 1.65. The lowest BCUT2D eigenvalue weighted by atomic mass is 10.1. The number of benzene rings is 1. The predicted molar refractivity (Wildman–Crippen MR) is 82.5 cm³/mol. The predicted octanol–water partition coefficient (Wildman–Crippen LogP) is 0.947. The van der Waals surface area contributed by atoms with Crippen LogP contribution in [-0.4, -0.2) is 56.2 Å². The van der Waals surface area contributed by atoms with E-state index in [4.69, 9.17) is 10.00 Å². The Kier molecular flexibility index (Phi) is 4.63. The normalized spacial score (nSPS) is 21.1. The standard InChI is InChI=1S/C16H19FN4O2/c17-14-9-12(1-2-15(14)21-5-7-23-8-6-21)16(22)19-13-3-4-20(10-13)11-18/h1-2,9,13H,3-8,10H2,(H,19,22). The fourth-order valence-corrected chi connectivity index (χ4v) is 2.95. The summed E-state index contributed by atoms with van der Waals surface area (Å²) in [6.45, 7) is 3.61. The molecule has 0 radical (unpaired) electrons. The molecular weight excluding hydrogens is 299 g/mol. The van der Waals surface area contributed by atoms with Crippen molar-refractivity contribution in [3.05, 3.63) is 29.6 Å². The van der Waals surface area contributed by atoms with Crippen molar-refractivity contribution in [2.24, 2.45) is 0 Å². The molecule has 6 nitrogen and oxygen atoms in total. The summed E-state index contributed by atoms with van der Waals surface area (Å²) in [5.74, 6) is -0.702. The minimum absolute atomic E-state index is 0.0656. The molecule has 1 aromatic rings. The van der Waals surface area contributed by atoms with Crippen LogP contribution in [0.1, 0.15) is 16.8 Å². The molecule has 122 valence electrons. The summed E-state index contributed by atoms with van der Waals surface area (Å²) in [7, 11) is 0. The van der Waals surface area contributed by atoms with Crippen molar-refractivity contribution < 1.29 is 13.9 Å². The molecule has 1 unspecified atom stereocenters. The molecule has 1 amide bonds. The zero-order valence-electron chi connectivity index (χ0n) is 12.8. The molecule has 1 atom stereocenters.